The lowest BCUT2D eigenvalue weighted by molar-refractivity contribution is 0.142. The van der Waals surface area contributed by atoms with Crippen LogP contribution in [0.3, 0.4) is 0 Å². The Morgan fingerprint density at radius 2 is 2.36 bits per heavy atom. The van der Waals surface area contributed by atoms with Gasteiger partial charge in [-0.1, -0.05) is 0 Å². The number of hydrazone groups is 1. The number of carbonyl (C=O) groups is 1. The zero-order chi connectivity index (χ0) is 20.1. The molecule has 0 radical (unpaired) electrons. The molecular weight excluding hydrogens is 387 g/mol. The Morgan fingerprint density at radius 3 is 3.00 bits per heavy atom. The van der Waals surface area contributed by atoms with Gasteiger partial charge in [0.15, 0.2) is 0 Å². The topological polar surface area (TPSA) is 74.0 Å². The monoisotopic (exact) mass is 406 g/mol. The van der Waals surface area contributed by atoms with Gasteiger partial charge in [0, 0.05) is 6.54 Å². The summed E-state index contributed by atoms with van der Waals surface area (Å²) in [4.78, 5) is 18.4. The molecule has 2 aliphatic rings. The van der Waals surface area contributed by atoms with Crippen molar-refractivity contribution >= 4 is 41.2 Å². The van der Waals surface area contributed by atoms with Crippen LogP contribution in [0.25, 0.3) is 4.85 Å². The number of thiocarbonyl (C=S) groups is 1. The summed E-state index contributed by atoms with van der Waals surface area (Å²) < 4.78 is 24.8. The summed E-state index contributed by atoms with van der Waals surface area (Å²) in [5, 5.41) is 8.78. The van der Waals surface area contributed by atoms with Crippen molar-refractivity contribution in [2.75, 3.05) is 49.8 Å². The molecule has 1 N–H and O–H groups in total. The SMILES string of the molecule is [C-]#[N+]CN1CCN(c2ccc(N3C[C@H](CNC(=S)OC)OC3=O)cc2F)C=N1. The average molecular weight is 406 g/mol. The first-order chi connectivity index (χ1) is 13.5. The lowest BCUT2D eigenvalue weighted by Crippen LogP contribution is -2.38. The van der Waals surface area contributed by atoms with Crippen LogP contribution in [0.1, 0.15) is 0 Å². The van der Waals surface area contributed by atoms with E-state index in [-0.39, 0.29) is 18.4 Å². The summed E-state index contributed by atoms with van der Waals surface area (Å²) in [7, 11) is 1.45. The Kier molecular flexibility index (Phi) is 6.10. The molecule has 0 saturated carbocycles. The van der Waals surface area contributed by atoms with E-state index in [9.17, 15) is 9.18 Å². The highest BCUT2D eigenvalue weighted by molar-refractivity contribution is 7.80. The highest BCUT2D eigenvalue weighted by atomic mass is 32.1. The molecule has 28 heavy (non-hydrogen) atoms. The maximum Gasteiger partial charge on any atom is 0.414 e. The third-order valence-corrected chi connectivity index (χ3v) is 4.58. The zero-order valence-electron chi connectivity index (χ0n) is 15.2. The number of carbonyl (C=O) groups excluding carboxylic acids is 1. The minimum absolute atomic E-state index is 0.175. The fourth-order valence-electron chi connectivity index (χ4n) is 2.85. The molecule has 0 aromatic heterocycles. The number of nitrogens with zero attached hydrogens (tertiary/aromatic N) is 5. The standard InChI is InChI=1S/C17H19FN6O3S/c1-19-10-23-6-5-22(11-21-23)15-4-3-12(7-14(15)18)24-9-13(27-17(24)25)8-20-16(28)26-2/h3-4,7,11,13H,5-6,8-10H2,2H3,(H,20,28)/t13-/m0/s1. The molecule has 1 saturated heterocycles. The molecule has 11 heteroatoms. The van der Waals surface area contributed by atoms with Crippen molar-refractivity contribution in [2.45, 2.75) is 6.10 Å². The number of nitrogens with one attached hydrogen (secondary N) is 1. The van der Waals surface area contributed by atoms with Crippen molar-refractivity contribution < 1.29 is 18.7 Å². The van der Waals surface area contributed by atoms with Crippen molar-refractivity contribution in [1.82, 2.24) is 10.3 Å². The van der Waals surface area contributed by atoms with E-state index in [1.165, 1.54) is 24.4 Å². The van der Waals surface area contributed by atoms with Crippen LogP contribution in [0.2, 0.25) is 0 Å². The number of anilines is 2. The van der Waals surface area contributed by atoms with E-state index in [1.807, 2.05) is 0 Å². The molecule has 0 bridgehead atoms. The van der Waals surface area contributed by atoms with E-state index in [0.29, 0.717) is 31.0 Å². The van der Waals surface area contributed by atoms with Crippen LogP contribution >= 0.6 is 12.2 Å². The van der Waals surface area contributed by atoms with Gasteiger partial charge < -0.3 is 19.7 Å². The fraction of sp³-hybridized carbons (Fsp3) is 0.412. The Balaban J connectivity index is 1.66. The van der Waals surface area contributed by atoms with E-state index >= 15 is 0 Å². The molecule has 2 aliphatic heterocycles. The van der Waals surface area contributed by atoms with E-state index < -0.39 is 18.0 Å². The second-order valence-corrected chi connectivity index (χ2v) is 6.45. The maximum atomic E-state index is 14.7. The summed E-state index contributed by atoms with van der Waals surface area (Å²) in [5.41, 5.74) is 0.762. The quantitative estimate of drug-likeness (QED) is 0.588. The van der Waals surface area contributed by atoms with Crippen molar-refractivity contribution in [3.05, 3.63) is 35.4 Å². The molecule has 1 aromatic carbocycles. The van der Waals surface area contributed by atoms with Crippen LogP contribution in [0.5, 0.6) is 0 Å². The molecule has 0 aliphatic carbocycles. The third-order valence-electron chi connectivity index (χ3n) is 4.27. The molecule has 0 spiro atoms. The van der Waals surface area contributed by atoms with Gasteiger partial charge in [-0.25, -0.2) is 20.8 Å². The fourth-order valence-corrected chi connectivity index (χ4v) is 2.93. The first-order valence-corrected chi connectivity index (χ1v) is 8.91. The van der Waals surface area contributed by atoms with Gasteiger partial charge in [0.25, 0.3) is 5.17 Å². The van der Waals surface area contributed by atoms with Gasteiger partial charge in [0.05, 0.1) is 38.1 Å². The van der Waals surface area contributed by atoms with Crippen LogP contribution in [0, 0.1) is 12.4 Å². The first kappa shape index (κ1) is 19.6. The minimum Gasteiger partial charge on any atom is -0.474 e. The third kappa shape index (κ3) is 4.40. The van der Waals surface area contributed by atoms with E-state index in [1.54, 1.807) is 22.0 Å². The molecule has 1 aromatic rings. The lowest BCUT2D eigenvalue weighted by Gasteiger charge is -2.27. The predicted molar refractivity (Wildman–Crippen MR) is 106 cm³/mol. The number of methoxy groups -OCH3 is 1. The van der Waals surface area contributed by atoms with E-state index in [0.717, 1.165) is 0 Å². The summed E-state index contributed by atoms with van der Waals surface area (Å²) in [6, 6.07) is 4.56. The molecular formula is C17H19FN6O3S. The van der Waals surface area contributed by atoms with Gasteiger partial charge >= 0.3 is 12.8 Å². The van der Waals surface area contributed by atoms with Crippen molar-refractivity contribution in [1.29, 1.82) is 0 Å². The van der Waals surface area contributed by atoms with Gasteiger partial charge in [0.1, 0.15) is 18.3 Å². The summed E-state index contributed by atoms with van der Waals surface area (Å²) in [6.07, 6.45) is 0.527. The van der Waals surface area contributed by atoms with Gasteiger partial charge in [-0.05, 0) is 30.4 Å². The van der Waals surface area contributed by atoms with Gasteiger partial charge in [-0.2, -0.15) is 5.10 Å². The molecule has 0 unspecified atom stereocenters. The van der Waals surface area contributed by atoms with Crippen LogP contribution in [-0.4, -0.2) is 68.7 Å². The number of hydrogen-bond donors (Lipinski definition) is 1. The summed E-state index contributed by atoms with van der Waals surface area (Å²) in [6.45, 7) is 8.64. The number of ether oxygens (including phenoxy) is 2. The highest BCUT2D eigenvalue weighted by Crippen LogP contribution is 2.28. The second-order valence-electron chi connectivity index (χ2n) is 6.08. The average Bonchev–Trinajstić information content (AvgIpc) is 3.07. The lowest BCUT2D eigenvalue weighted by atomic mass is 10.2. The Hall–Kier alpha value is -3.13. The Bertz CT molecular complexity index is 830. The van der Waals surface area contributed by atoms with Gasteiger partial charge in [-0.15, -0.1) is 0 Å². The zero-order valence-corrected chi connectivity index (χ0v) is 16.0. The summed E-state index contributed by atoms with van der Waals surface area (Å²) >= 11 is 4.89. The largest absolute Gasteiger partial charge is 0.474 e. The predicted octanol–water partition coefficient (Wildman–Crippen LogP) is 1.61. The van der Waals surface area contributed by atoms with Crippen LogP contribution in [0.15, 0.2) is 23.3 Å². The van der Waals surface area contributed by atoms with Crippen LogP contribution in [-0.2, 0) is 9.47 Å². The molecule has 1 atom stereocenters. The number of hydrogen-bond acceptors (Lipinski definition) is 7. The highest BCUT2D eigenvalue weighted by Gasteiger charge is 2.33. The normalized spacial score (nSPS) is 18.7. The first-order valence-electron chi connectivity index (χ1n) is 8.50. The smallest absolute Gasteiger partial charge is 0.414 e. The maximum absolute atomic E-state index is 14.7. The van der Waals surface area contributed by atoms with Crippen molar-refractivity contribution in [3.8, 4) is 0 Å². The van der Waals surface area contributed by atoms with Gasteiger partial charge in [-0.3, -0.25) is 9.74 Å². The van der Waals surface area contributed by atoms with E-state index in [2.05, 4.69) is 15.3 Å². The number of cyclic esters (lactones) is 1. The van der Waals surface area contributed by atoms with Crippen LogP contribution < -0.4 is 15.1 Å². The van der Waals surface area contributed by atoms with Crippen LogP contribution in [0.4, 0.5) is 20.6 Å². The Labute approximate surface area is 167 Å². The van der Waals surface area contributed by atoms with Gasteiger partial charge in [0.2, 0.25) is 0 Å². The summed E-state index contributed by atoms with van der Waals surface area (Å²) in [5.74, 6) is -0.475. The molecule has 1 amide bonds. The van der Waals surface area contributed by atoms with Crippen molar-refractivity contribution in [2.24, 2.45) is 5.10 Å². The van der Waals surface area contributed by atoms with E-state index in [4.69, 9.17) is 28.3 Å². The molecule has 3 rings (SSSR count). The number of benzene rings is 1. The Morgan fingerprint density at radius 1 is 1.54 bits per heavy atom. The second kappa shape index (κ2) is 8.71. The number of amides is 1. The van der Waals surface area contributed by atoms with Crippen molar-refractivity contribution in [3.63, 3.8) is 0 Å². The molecule has 2 heterocycles. The number of rotatable bonds is 5. The molecule has 9 nitrogen and oxygen atoms in total. The molecule has 1 fully saturated rings. The number of halogens is 1. The molecule has 148 valence electrons. The minimum atomic E-state index is -0.545.